The molecule has 56 valence electrons. The van der Waals surface area contributed by atoms with Crippen LogP contribution in [-0.4, -0.2) is 27.3 Å². The molecule has 11 heavy (non-hydrogen) atoms. The van der Waals surface area contributed by atoms with E-state index in [-0.39, 0.29) is 0 Å². The van der Waals surface area contributed by atoms with Crippen LogP contribution in [0.25, 0.3) is 11.0 Å². The van der Waals surface area contributed by atoms with Gasteiger partial charge in [-0.15, -0.1) is 5.10 Å². The Balaban J connectivity index is 2.76. The van der Waals surface area contributed by atoms with Crippen LogP contribution >= 0.6 is 0 Å². The zero-order valence-electron chi connectivity index (χ0n) is 5.93. The zero-order valence-corrected chi connectivity index (χ0v) is 5.93. The van der Waals surface area contributed by atoms with E-state index in [0.29, 0.717) is 0 Å². The summed E-state index contributed by atoms with van der Waals surface area (Å²) in [5.74, 6) is 0. The summed E-state index contributed by atoms with van der Waals surface area (Å²) in [5.41, 5.74) is 1.55. The van der Waals surface area contributed by atoms with Crippen molar-refractivity contribution >= 4 is 11.0 Å². The van der Waals surface area contributed by atoms with Gasteiger partial charge >= 0.3 is 0 Å². The highest BCUT2D eigenvalue weighted by atomic mass is 16.7. The second-order valence-electron chi connectivity index (χ2n) is 2.01. The minimum absolute atomic E-state index is 0.773. The van der Waals surface area contributed by atoms with Gasteiger partial charge in [-0.2, -0.15) is 0 Å². The summed E-state index contributed by atoms with van der Waals surface area (Å²) in [7, 11) is 1.53. The summed E-state index contributed by atoms with van der Waals surface area (Å²) in [4.78, 5) is 10.1. The molecule has 0 atom stereocenters. The second-order valence-corrected chi connectivity index (χ2v) is 2.01. The Morgan fingerprint density at radius 3 is 3.27 bits per heavy atom. The fraction of sp³-hybridized carbons (Fsp3) is 0.167. The average Bonchev–Trinajstić information content (AvgIpc) is 2.47. The lowest BCUT2D eigenvalue weighted by Crippen LogP contribution is -2.06. The van der Waals surface area contributed by atoms with Crippen molar-refractivity contribution in [2.45, 2.75) is 0 Å². The molecule has 2 aromatic rings. The number of rotatable bonds is 1. The molecule has 0 bridgehead atoms. The maximum absolute atomic E-state index is 4.87. The van der Waals surface area contributed by atoms with E-state index < -0.39 is 0 Å². The first-order valence-electron chi connectivity index (χ1n) is 3.12. The average molecular weight is 150 g/mol. The van der Waals surface area contributed by atoms with Crippen LogP contribution in [0.5, 0.6) is 0 Å². The molecule has 2 aromatic heterocycles. The predicted octanol–water partition coefficient (Wildman–Crippen LogP) is -0.115. The van der Waals surface area contributed by atoms with Crippen molar-refractivity contribution in [3.8, 4) is 0 Å². The summed E-state index contributed by atoms with van der Waals surface area (Å²) in [5, 5.41) is 7.56. The molecule has 0 saturated heterocycles. The van der Waals surface area contributed by atoms with Gasteiger partial charge in [0.05, 0.1) is 6.20 Å². The lowest BCUT2D eigenvalue weighted by molar-refractivity contribution is 0.139. The fourth-order valence-electron chi connectivity index (χ4n) is 0.883. The van der Waals surface area contributed by atoms with Crippen LogP contribution in [0.3, 0.4) is 0 Å². The smallest absolute Gasteiger partial charge is 0.149 e. The van der Waals surface area contributed by atoms with Crippen LogP contribution in [-0.2, 0) is 0 Å². The van der Waals surface area contributed by atoms with Gasteiger partial charge in [0, 0.05) is 6.20 Å². The first kappa shape index (κ1) is 6.09. The van der Waals surface area contributed by atoms with Gasteiger partial charge in [-0.25, -0.2) is 0 Å². The van der Waals surface area contributed by atoms with Crippen LogP contribution in [0.15, 0.2) is 18.5 Å². The van der Waals surface area contributed by atoms with E-state index in [1.807, 2.05) is 0 Å². The van der Waals surface area contributed by atoms with E-state index in [1.165, 1.54) is 12.0 Å². The zero-order chi connectivity index (χ0) is 7.68. The maximum atomic E-state index is 4.87. The first-order chi connectivity index (χ1) is 5.42. The summed E-state index contributed by atoms with van der Waals surface area (Å²) >= 11 is 0. The molecule has 0 spiro atoms. The van der Waals surface area contributed by atoms with Crippen molar-refractivity contribution in [1.82, 2.24) is 20.1 Å². The Bertz CT molecular complexity index is 369. The molecule has 0 aliphatic heterocycles. The molecule has 0 aliphatic carbocycles. The van der Waals surface area contributed by atoms with E-state index >= 15 is 0 Å². The van der Waals surface area contributed by atoms with Crippen LogP contribution < -0.4 is 4.84 Å². The lowest BCUT2D eigenvalue weighted by Gasteiger charge is -1.94. The Kier molecular flexibility index (Phi) is 1.21. The summed E-state index contributed by atoms with van der Waals surface area (Å²) < 4.78 is 0. The van der Waals surface area contributed by atoms with Crippen LogP contribution in [0.2, 0.25) is 0 Å². The minimum atomic E-state index is 0.773. The van der Waals surface area contributed by atoms with Crippen LogP contribution in [0.1, 0.15) is 0 Å². The minimum Gasteiger partial charge on any atom is -0.398 e. The van der Waals surface area contributed by atoms with Gasteiger partial charge in [0.2, 0.25) is 0 Å². The van der Waals surface area contributed by atoms with Crippen molar-refractivity contribution in [3.05, 3.63) is 18.5 Å². The molecule has 2 heterocycles. The molecular weight excluding hydrogens is 144 g/mol. The van der Waals surface area contributed by atoms with Crippen molar-refractivity contribution in [3.63, 3.8) is 0 Å². The van der Waals surface area contributed by atoms with Crippen molar-refractivity contribution in [2.24, 2.45) is 0 Å². The van der Waals surface area contributed by atoms with E-state index in [4.69, 9.17) is 4.84 Å². The molecule has 0 fully saturated rings. The Hall–Kier alpha value is -1.65. The second kappa shape index (κ2) is 2.19. The van der Waals surface area contributed by atoms with Gasteiger partial charge in [0.1, 0.15) is 18.1 Å². The molecule has 0 amide bonds. The normalized spacial score (nSPS) is 10.3. The van der Waals surface area contributed by atoms with Crippen molar-refractivity contribution < 1.29 is 4.84 Å². The third kappa shape index (κ3) is 0.813. The monoisotopic (exact) mass is 150 g/mol. The first-order valence-corrected chi connectivity index (χ1v) is 3.12. The molecule has 2 rings (SSSR count). The predicted molar refractivity (Wildman–Crippen MR) is 37.8 cm³/mol. The number of nitrogens with zero attached hydrogens (tertiary/aromatic N) is 4. The van der Waals surface area contributed by atoms with Crippen LogP contribution in [0.4, 0.5) is 0 Å². The van der Waals surface area contributed by atoms with Gasteiger partial charge in [-0.1, -0.05) is 4.85 Å². The Morgan fingerprint density at radius 1 is 1.55 bits per heavy atom. The molecule has 0 aliphatic rings. The third-order valence-corrected chi connectivity index (χ3v) is 1.39. The number of hydrogen-bond donors (Lipinski definition) is 0. The summed E-state index contributed by atoms with van der Waals surface area (Å²) in [6, 6.07) is 1.78. The third-order valence-electron chi connectivity index (χ3n) is 1.39. The van der Waals surface area contributed by atoms with E-state index in [9.17, 15) is 0 Å². The summed E-state index contributed by atoms with van der Waals surface area (Å²) in [6.07, 6.45) is 3.32. The van der Waals surface area contributed by atoms with Gasteiger partial charge < -0.3 is 4.84 Å². The molecule has 5 heteroatoms. The SMILES string of the molecule is COn1nnc2ccncc21. The molecule has 0 radical (unpaired) electrons. The highest BCUT2D eigenvalue weighted by Crippen LogP contribution is 2.05. The van der Waals surface area contributed by atoms with Crippen molar-refractivity contribution in [1.29, 1.82) is 0 Å². The van der Waals surface area contributed by atoms with Gasteiger partial charge in [-0.05, 0) is 11.3 Å². The van der Waals surface area contributed by atoms with Gasteiger partial charge in [0.25, 0.3) is 0 Å². The highest BCUT2D eigenvalue weighted by molar-refractivity contribution is 5.72. The van der Waals surface area contributed by atoms with Crippen LogP contribution in [0, 0.1) is 0 Å². The standard InChI is InChI=1S/C6H6N4O/c1-11-10-6-4-7-3-2-5(6)8-9-10/h2-4H,1H3. The molecule has 0 unspecified atom stereocenters. The largest absolute Gasteiger partial charge is 0.398 e. The summed E-state index contributed by atoms with van der Waals surface area (Å²) in [6.45, 7) is 0. The molecule has 0 aromatic carbocycles. The molecular formula is C6H6N4O. The number of fused-ring (bicyclic) bond motifs is 1. The number of hydrogen-bond acceptors (Lipinski definition) is 4. The topological polar surface area (TPSA) is 52.8 Å². The van der Waals surface area contributed by atoms with E-state index in [1.54, 1.807) is 18.5 Å². The maximum Gasteiger partial charge on any atom is 0.149 e. The molecule has 5 nitrogen and oxygen atoms in total. The Labute approximate surface area is 62.6 Å². The number of pyridine rings is 1. The van der Waals surface area contributed by atoms with Crippen molar-refractivity contribution in [2.75, 3.05) is 7.11 Å². The van der Waals surface area contributed by atoms with E-state index in [0.717, 1.165) is 11.0 Å². The highest BCUT2D eigenvalue weighted by Gasteiger charge is 2.01. The number of aromatic nitrogens is 4. The van der Waals surface area contributed by atoms with E-state index in [2.05, 4.69) is 15.3 Å². The van der Waals surface area contributed by atoms with Gasteiger partial charge in [0.15, 0.2) is 0 Å². The Morgan fingerprint density at radius 2 is 2.45 bits per heavy atom. The molecule has 0 saturated carbocycles. The fourth-order valence-corrected chi connectivity index (χ4v) is 0.883. The lowest BCUT2D eigenvalue weighted by atomic mass is 10.4. The quantitative estimate of drug-likeness (QED) is 0.569. The molecule has 0 N–H and O–H groups in total. The van der Waals surface area contributed by atoms with Gasteiger partial charge in [-0.3, -0.25) is 4.98 Å².